The second-order valence-corrected chi connectivity index (χ2v) is 8.06. The van der Waals surface area contributed by atoms with E-state index in [1.807, 2.05) is 46.8 Å². The number of amides is 1. The third-order valence-electron chi connectivity index (χ3n) is 4.12. The van der Waals surface area contributed by atoms with Gasteiger partial charge in [0.25, 0.3) is 0 Å². The van der Waals surface area contributed by atoms with Gasteiger partial charge in [-0.25, -0.2) is 4.79 Å². The summed E-state index contributed by atoms with van der Waals surface area (Å²) in [7, 11) is 0. The predicted octanol–water partition coefficient (Wildman–Crippen LogP) is 4.46. The number of carbonyl (C=O) groups excluding carboxylic acids is 1. The fourth-order valence-electron chi connectivity index (χ4n) is 2.84. The van der Waals surface area contributed by atoms with Crippen molar-refractivity contribution in [2.75, 3.05) is 5.32 Å². The first kappa shape index (κ1) is 17.1. The lowest BCUT2D eigenvalue weighted by Gasteiger charge is -2.33. The van der Waals surface area contributed by atoms with Crippen molar-refractivity contribution in [1.29, 1.82) is 0 Å². The minimum Gasteiger partial charge on any atom is -0.444 e. The maximum atomic E-state index is 12.1. The molecule has 4 nitrogen and oxygen atoms in total. The summed E-state index contributed by atoms with van der Waals surface area (Å²) >= 11 is 6.09. The lowest BCUT2D eigenvalue weighted by molar-refractivity contribution is 0.0635. The molecule has 0 radical (unpaired) electrons. The Hall–Kier alpha value is -1.26. The highest BCUT2D eigenvalue weighted by Gasteiger charge is 2.54. The summed E-state index contributed by atoms with van der Waals surface area (Å²) in [5, 5.41) is 3.39. The number of rotatable bonds is 3. The number of halogens is 1. The molecule has 122 valence electrons. The van der Waals surface area contributed by atoms with Gasteiger partial charge in [-0.05, 0) is 65.2 Å². The van der Waals surface area contributed by atoms with Crippen LogP contribution in [0.4, 0.5) is 10.5 Å². The summed E-state index contributed by atoms with van der Waals surface area (Å²) in [6.45, 7) is 9.53. The fraction of sp³-hybridized carbons (Fsp3) is 0.588. The second kappa shape index (κ2) is 5.43. The van der Waals surface area contributed by atoms with Crippen LogP contribution in [0.25, 0.3) is 0 Å². The van der Waals surface area contributed by atoms with Crippen LogP contribution >= 0.6 is 11.6 Å². The lowest BCUT2D eigenvalue weighted by atomic mass is 9.78. The quantitative estimate of drug-likeness (QED) is 0.863. The van der Waals surface area contributed by atoms with Gasteiger partial charge < -0.3 is 10.5 Å². The number of nitrogens with two attached hydrogens (primary N) is 1. The van der Waals surface area contributed by atoms with Gasteiger partial charge in [-0.1, -0.05) is 17.7 Å². The highest BCUT2D eigenvalue weighted by molar-refractivity contribution is 6.31. The maximum absolute atomic E-state index is 12.1. The fourth-order valence-corrected chi connectivity index (χ4v) is 3.01. The normalized spacial score (nSPS) is 17.0. The number of anilines is 1. The standard InChI is InChI=1S/C17H25ClN2O2/c1-15(2,3)22-14(21)20-13-10-11(18)6-7-12(13)17(8-9-17)16(4,5)19/h6-7,10H,8-9,19H2,1-5H3,(H,20,21). The van der Waals surface area contributed by atoms with Crippen LogP contribution in [0.5, 0.6) is 0 Å². The number of benzene rings is 1. The average Bonchev–Trinajstić information content (AvgIpc) is 3.06. The molecule has 1 saturated carbocycles. The number of nitrogens with one attached hydrogen (secondary N) is 1. The van der Waals surface area contributed by atoms with Gasteiger partial charge >= 0.3 is 6.09 Å². The van der Waals surface area contributed by atoms with Crippen LogP contribution in [0.15, 0.2) is 18.2 Å². The van der Waals surface area contributed by atoms with Gasteiger partial charge in [0.05, 0.1) is 0 Å². The molecule has 1 aromatic rings. The van der Waals surface area contributed by atoms with Crippen LogP contribution in [-0.4, -0.2) is 17.2 Å². The van der Waals surface area contributed by atoms with E-state index in [1.165, 1.54) is 0 Å². The SMILES string of the molecule is CC(C)(C)OC(=O)Nc1cc(Cl)ccc1C1(C(C)(C)N)CC1. The molecule has 0 spiro atoms. The smallest absolute Gasteiger partial charge is 0.412 e. The van der Waals surface area contributed by atoms with Crippen molar-refractivity contribution >= 4 is 23.4 Å². The summed E-state index contributed by atoms with van der Waals surface area (Å²) < 4.78 is 5.33. The number of hydrogen-bond donors (Lipinski definition) is 2. The molecule has 1 amide bonds. The van der Waals surface area contributed by atoms with Crippen molar-refractivity contribution in [2.45, 2.75) is 64.0 Å². The molecule has 1 aliphatic rings. The van der Waals surface area contributed by atoms with Crippen LogP contribution < -0.4 is 11.1 Å². The van der Waals surface area contributed by atoms with Gasteiger partial charge in [0.1, 0.15) is 5.60 Å². The average molecular weight is 325 g/mol. The van der Waals surface area contributed by atoms with Gasteiger partial charge in [-0.3, -0.25) is 5.32 Å². The van der Waals surface area contributed by atoms with E-state index < -0.39 is 11.7 Å². The Balaban J connectivity index is 2.32. The van der Waals surface area contributed by atoms with Crippen LogP contribution in [0.2, 0.25) is 5.02 Å². The molecule has 3 N–H and O–H groups in total. The summed E-state index contributed by atoms with van der Waals surface area (Å²) in [6.07, 6.45) is 1.52. The highest BCUT2D eigenvalue weighted by Crippen LogP contribution is 2.56. The number of hydrogen-bond acceptors (Lipinski definition) is 3. The minimum absolute atomic E-state index is 0.123. The predicted molar refractivity (Wildman–Crippen MR) is 90.5 cm³/mol. The molecule has 5 heteroatoms. The summed E-state index contributed by atoms with van der Waals surface area (Å²) in [4.78, 5) is 12.1. The molecule has 22 heavy (non-hydrogen) atoms. The Kier molecular flexibility index (Phi) is 4.22. The molecule has 1 fully saturated rings. The molecule has 1 aromatic carbocycles. The molecule has 1 aliphatic carbocycles. The number of carbonyl (C=O) groups is 1. The Morgan fingerprint density at radius 3 is 2.32 bits per heavy atom. The van der Waals surface area contributed by atoms with Gasteiger partial charge in [0, 0.05) is 21.7 Å². The van der Waals surface area contributed by atoms with Crippen LogP contribution in [0.1, 0.15) is 53.0 Å². The molecule has 0 unspecified atom stereocenters. The molecule has 0 heterocycles. The van der Waals surface area contributed by atoms with E-state index in [0.717, 1.165) is 18.4 Å². The van der Waals surface area contributed by atoms with Crippen molar-refractivity contribution < 1.29 is 9.53 Å². The van der Waals surface area contributed by atoms with E-state index in [4.69, 9.17) is 22.1 Å². The maximum Gasteiger partial charge on any atom is 0.412 e. The van der Waals surface area contributed by atoms with E-state index in [9.17, 15) is 4.79 Å². The van der Waals surface area contributed by atoms with Gasteiger partial charge in [-0.2, -0.15) is 0 Å². The molecule has 0 atom stereocenters. The topological polar surface area (TPSA) is 64.3 Å². The third-order valence-corrected chi connectivity index (χ3v) is 4.35. The van der Waals surface area contributed by atoms with E-state index >= 15 is 0 Å². The van der Waals surface area contributed by atoms with Crippen molar-refractivity contribution in [2.24, 2.45) is 5.73 Å². The first-order chi connectivity index (χ1) is 9.95. The Labute approximate surface area is 137 Å². The van der Waals surface area contributed by atoms with Crippen LogP contribution in [-0.2, 0) is 10.2 Å². The lowest BCUT2D eigenvalue weighted by Crippen LogP contribution is -2.45. The van der Waals surface area contributed by atoms with Crippen LogP contribution in [0.3, 0.4) is 0 Å². The summed E-state index contributed by atoms with van der Waals surface area (Å²) in [5.74, 6) is 0. The van der Waals surface area contributed by atoms with E-state index in [-0.39, 0.29) is 11.0 Å². The second-order valence-electron chi connectivity index (χ2n) is 7.62. The zero-order chi connectivity index (χ0) is 16.8. The Bertz CT molecular complexity index is 581. The van der Waals surface area contributed by atoms with Crippen molar-refractivity contribution in [1.82, 2.24) is 0 Å². The molecule has 0 aliphatic heterocycles. The molecule has 0 aromatic heterocycles. The first-order valence-corrected chi connectivity index (χ1v) is 7.91. The summed E-state index contributed by atoms with van der Waals surface area (Å²) in [5.41, 5.74) is 7.03. The van der Waals surface area contributed by atoms with Crippen molar-refractivity contribution in [3.8, 4) is 0 Å². The first-order valence-electron chi connectivity index (χ1n) is 7.54. The summed E-state index contributed by atoms with van der Waals surface area (Å²) in [6, 6.07) is 5.55. The Morgan fingerprint density at radius 2 is 1.86 bits per heavy atom. The van der Waals surface area contributed by atoms with E-state index in [1.54, 1.807) is 6.07 Å². The molecule has 0 saturated heterocycles. The van der Waals surface area contributed by atoms with E-state index in [0.29, 0.717) is 10.7 Å². The highest BCUT2D eigenvalue weighted by atomic mass is 35.5. The van der Waals surface area contributed by atoms with Gasteiger partial charge in [0.15, 0.2) is 0 Å². The van der Waals surface area contributed by atoms with E-state index in [2.05, 4.69) is 5.32 Å². The van der Waals surface area contributed by atoms with Crippen molar-refractivity contribution in [3.63, 3.8) is 0 Å². The number of ether oxygens (including phenoxy) is 1. The van der Waals surface area contributed by atoms with Gasteiger partial charge in [-0.15, -0.1) is 0 Å². The molecule has 0 bridgehead atoms. The zero-order valence-electron chi connectivity index (χ0n) is 13.9. The van der Waals surface area contributed by atoms with Crippen LogP contribution in [0, 0.1) is 0 Å². The van der Waals surface area contributed by atoms with Gasteiger partial charge in [0.2, 0.25) is 0 Å². The Morgan fingerprint density at radius 1 is 1.27 bits per heavy atom. The van der Waals surface area contributed by atoms with Crippen molar-refractivity contribution in [3.05, 3.63) is 28.8 Å². The molecular weight excluding hydrogens is 300 g/mol. The monoisotopic (exact) mass is 324 g/mol. The minimum atomic E-state index is -0.548. The molecular formula is C17H25ClN2O2. The largest absolute Gasteiger partial charge is 0.444 e. The third kappa shape index (κ3) is 3.55. The molecule has 2 rings (SSSR count). The zero-order valence-corrected chi connectivity index (χ0v) is 14.7.